The van der Waals surface area contributed by atoms with Gasteiger partial charge in [0.2, 0.25) is 0 Å². The lowest BCUT2D eigenvalue weighted by Crippen LogP contribution is -2.21. The van der Waals surface area contributed by atoms with Gasteiger partial charge >= 0.3 is 0 Å². The van der Waals surface area contributed by atoms with E-state index in [1.54, 1.807) is 0 Å². The molecule has 2 nitrogen and oxygen atoms in total. The minimum absolute atomic E-state index is 0.0412. The van der Waals surface area contributed by atoms with Crippen LogP contribution in [-0.4, -0.2) is 24.4 Å². The maximum absolute atomic E-state index is 9.39. The Morgan fingerprint density at radius 2 is 2.12 bits per heavy atom. The average molecular weight is 218 g/mol. The third kappa shape index (κ3) is 2.04. The number of rotatable bonds is 3. The molecule has 0 bridgehead atoms. The Kier molecular flexibility index (Phi) is 3.42. The second-order valence-corrected chi connectivity index (χ2v) is 4.48. The minimum atomic E-state index is 0.0412. The van der Waals surface area contributed by atoms with E-state index in [0.29, 0.717) is 6.61 Å². The van der Waals surface area contributed by atoms with Crippen LogP contribution in [0, 0.1) is 5.92 Å². The summed E-state index contributed by atoms with van der Waals surface area (Å²) in [5, 5.41) is 9.39. The summed E-state index contributed by atoms with van der Waals surface area (Å²) in [4.78, 5) is 0. The molecule has 16 heavy (non-hydrogen) atoms. The summed E-state index contributed by atoms with van der Waals surface area (Å²) >= 11 is 0. The molecule has 1 saturated heterocycles. The van der Waals surface area contributed by atoms with Crippen LogP contribution < -0.4 is 0 Å². The molecule has 2 rings (SSSR count). The second kappa shape index (κ2) is 4.81. The van der Waals surface area contributed by atoms with Crippen LogP contribution in [0.1, 0.15) is 18.4 Å². The first kappa shape index (κ1) is 11.4. The monoisotopic (exact) mass is 218 g/mol. The lowest BCUT2D eigenvalue weighted by atomic mass is 9.83. The minimum Gasteiger partial charge on any atom is -0.396 e. The Balaban J connectivity index is 2.30. The van der Waals surface area contributed by atoms with E-state index in [-0.39, 0.29) is 24.5 Å². The molecule has 0 aliphatic carbocycles. The van der Waals surface area contributed by atoms with Gasteiger partial charge in [-0.3, -0.25) is 0 Å². The Bertz CT molecular complexity index is 358. The van der Waals surface area contributed by atoms with Crippen molar-refractivity contribution in [2.24, 2.45) is 5.92 Å². The standard InChI is InChI=1S/C14H18O2/c1-10(2)14-13(12(8-15)9-16-14)11-6-4-3-5-7-11/h3-7,12-15H,1,8-9H2,2H3/t12-,13-,14-/m0/s1. The van der Waals surface area contributed by atoms with Gasteiger partial charge in [0, 0.05) is 18.4 Å². The van der Waals surface area contributed by atoms with Crippen LogP contribution in [0.5, 0.6) is 0 Å². The van der Waals surface area contributed by atoms with E-state index in [9.17, 15) is 5.11 Å². The van der Waals surface area contributed by atoms with Crippen LogP contribution in [-0.2, 0) is 4.74 Å². The molecule has 2 heteroatoms. The smallest absolute Gasteiger partial charge is 0.0852 e. The van der Waals surface area contributed by atoms with Crippen molar-refractivity contribution in [2.75, 3.05) is 13.2 Å². The summed E-state index contributed by atoms with van der Waals surface area (Å²) in [6.07, 6.45) is 0.0412. The molecule has 1 aliphatic heterocycles. The zero-order valence-electron chi connectivity index (χ0n) is 9.60. The zero-order valence-corrected chi connectivity index (χ0v) is 9.60. The summed E-state index contributed by atoms with van der Waals surface area (Å²) in [6.45, 7) is 6.75. The van der Waals surface area contributed by atoms with Crippen LogP contribution in [0.4, 0.5) is 0 Å². The lowest BCUT2D eigenvalue weighted by molar-refractivity contribution is 0.120. The highest BCUT2D eigenvalue weighted by molar-refractivity contribution is 5.26. The Morgan fingerprint density at radius 1 is 1.44 bits per heavy atom. The molecule has 0 saturated carbocycles. The molecule has 0 radical (unpaired) electrons. The summed E-state index contributed by atoms with van der Waals surface area (Å²) < 4.78 is 5.73. The van der Waals surface area contributed by atoms with Crippen LogP contribution in [0.3, 0.4) is 0 Å². The van der Waals surface area contributed by atoms with Crippen LogP contribution >= 0.6 is 0 Å². The van der Waals surface area contributed by atoms with Crippen molar-refractivity contribution in [3.63, 3.8) is 0 Å². The fraction of sp³-hybridized carbons (Fsp3) is 0.429. The molecule has 0 spiro atoms. The topological polar surface area (TPSA) is 29.5 Å². The molecule has 86 valence electrons. The summed E-state index contributed by atoms with van der Waals surface area (Å²) in [5.41, 5.74) is 2.26. The summed E-state index contributed by atoms with van der Waals surface area (Å²) in [7, 11) is 0. The van der Waals surface area contributed by atoms with E-state index in [4.69, 9.17) is 4.74 Å². The first-order valence-corrected chi connectivity index (χ1v) is 5.67. The van der Waals surface area contributed by atoms with Gasteiger partial charge in [-0.2, -0.15) is 0 Å². The van der Waals surface area contributed by atoms with Crippen LogP contribution in [0.15, 0.2) is 42.5 Å². The molecule has 3 atom stereocenters. The van der Waals surface area contributed by atoms with E-state index < -0.39 is 0 Å². The lowest BCUT2D eigenvalue weighted by Gasteiger charge is -2.22. The van der Waals surface area contributed by atoms with Crippen molar-refractivity contribution in [1.82, 2.24) is 0 Å². The van der Waals surface area contributed by atoms with Crippen LogP contribution in [0.25, 0.3) is 0 Å². The van der Waals surface area contributed by atoms with E-state index >= 15 is 0 Å². The van der Waals surface area contributed by atoms with Gasteiger partial charge in [-0.1, -0.05) is 42.5 Å². The van der Waals surface area contributed by atoms with Gasteiger partial charge < -0.3 is 9.84 Å². The number of hydrogen-bond acceptors (Lipinski definition) is 2. The van der Waals surface area contributed by atoms with Gasteiger partial charge in [0.25, 0.3) is 0 Å². The molecular weight excluding hydrogens is 200 g/mol. The number of aliphatic hydroxyl groups excluding tert-OH is 1. The first-order valence-electron chi connectivity index (χ1n) is 5.67. The SMILES string of the molecule is C=C(C)[C@@H]1OC[C@H](CO)[C@@H]1c1ccccc1. The maximum Gasteiger partial charge on any atom is 0.0852 e. The predicted molar refractivity (Wildman–Crippen MR) is 64.3 cm³/mol. The van der Waals surface area contributed by atoms with Gasteiger partial charge in [0.05, 0.1) is 12.7 Å². The number of hydrogen-bond donors (Lipinski definition) is 1. The molecule has 1 aromatic carbocycles. The molecule has 1 fully saturated rings. The zero-order chi connectivity index (χ0) is 11.5. The molecule has 1 aliphatic rings. The normalized spacial score (nSPS) is 29.2. The Hall–Kier alpha value is -1.12. The molecular formula is C14H18O2. The molecule has 1 aromatic rings. The highest BCUT2D eigenvalue weighted by atomic mass is 16.5. The van der Waals surface area contributed by atoms with Crippen molar-refractivity contribution < 1.29 is 9.84 Å². The van der Waals surface area contributed by atoms with Gasteiger partial charge in [0.1, 0.15) is 0 Å². The van der Waals surface area contributed by atoms with E-state index in [1.165, 1.54) is 5.56 Å². The largest absolute Gasteiger partial charge is 0.396 e. The fourth-order valence-corrected chi connectivity index (χ4v) is 2.42. The van der Waals surface area contributed by atoms with Gasteiger partial charge in [-0.15, -0.1) is 0 Å². The first-order chi connectivity index (χ1) is 7.74. The third-order valence-corrected chi connectivity index (χ3v) is 3.23. The van der Waals surface area contributed by atoms with Gasteiger partial charge in [-0.25, -0.2) is 0 Å². The van der Waals surface area contributed by atoms with Crippen molar-refractivity contribution >= 4 is 0 Å². The van der Waals surface area contributed by atoms with Gasteiger partial charge in [-0.05, 0) is 12.5 Å². The molecule has 0 unspecified atom stereocenters. The average Bonchev–Trinajstić information content (AvgIpc) is 2.73. The van der Waals surface area contributed by atoms with Crippen molar-refractivity contribution in [2.45, 2.75) is 18.9 Å². The van der Waals surface area contributed by atoms with Crippen molar-refractivity contribution in [3.05, 3.63) is 48.0 Å². The van der Waals surface area contributed by atoms with Crippen LogP contribution in [0.2, 0.25) is 0 Å². The summed E-state index contributed by atoms with van der Waals surface area (Å²) in [5.74, 6) is 0.424. The molecule has 1 heterocycles. The predicted octanol–water partition coefficient (Wildman–Crippen LogP) is 2.35. The van der Waals surface area contributed by atoms with Crippen molar-refractivity contribution in [1.29, 1.82) is 0 Å². The molecule has 0 aromatic heterocycles. The fourth-order valence-electron chi connectivity index (χ4n) is 2.42. The number of benzene rings is 1. The number of ether oxygens (including phenoxy) is 1. The molecule has 1 N–H and O–H groups in total. The van der Waals surface area contributed by atoms with E-state index in [1.807, 2.05) is 25.1 Å². The maximum atomic E-state index is 9.39. The highest BCUT2D eigenvalue weighted by Gasteiger charge is 2.37. The number of aliphatic hydroxyl groups is 1. The van der Waals surface area contributed by atoms with Crippen molar-refractivity contribution in [3.8, 4) is 0 Å². The highest BCUT2D eigenvalue weighted by Crippen LogP contribution is 2.38. The Labute approximate surface area is 96.6 Å². The second-order valence-electron chi connectivity index (χ2n) is 4.48. The van der Waals surface area contributed by atoms with Gasteiger partial charge in [0.15, 0.2) is 0 Å². The van der Waals surface area contributed by atoms with E-state index in [2.05, 4.69) is 18.7 Å². The van der Waals surface area contributed by atoms with E-state index in [0.717, 1.165) is 5.57 Å². The third-order valence-electron chi connectivity index (χ3n) is 3.23. The molecule has 0 amide bonds. The quantitative estimate of drug-likeness (QED) is 0.789. The Morgan fingerprint density at radius 3 is 2.69 bits per heavy atom. The summed E-state index contributed by atoms with van der Waals surface area (Å²) in [6, 6.07) is 10.2.